The first-order valence-corrected chi connectivity index (χ1v) is 10.6. The highest BCUT2D eigenvalue weighted by Crippen LogP contribution is 2.27. The van der Waals surface area contributed by atoms with Crippen molar-refractivity contribution in [3.05, 3.63) is 42.0 Å². The highest BCUT2D eigenvalue weighted by molar-refractivity contribution is 5.93. The number of allylic oxidation sites excluding steroid dienone is 1. The number of benzene rings is 1. The number of methoxy groups -OCH3 is 1. The smallest absolute Gasteiger partial charge is 0.165 e. The molecule has 3 N–H and O–H groups in total. The number of para-hydroxylation sites is 1. The molecule has 0 saturated carbocycles. The summed E-state index contributed by atoms with van der Waals surface area (Å²) >= 11 is 0. The fraction of sp³-hybridized carbons (Fsp3) is 0.583. The summed E-state index contributed by atoms with van der Waals surface area (Å²) in [5, 5.41) is 31.0. The first kappa shape index (κ1) is 25.2. The SMILES string of the molecule is CO[C@@H](C(=O)C[C@H]1CN(C)c2ccccc2CC1=O)[C@H](O)[C@@H](O)[C@H](O)/C=C/C(C)(C)C. The third kappa shape index (κ3) is 6.71. The van der Waals surface area contributed by atoms with Crippen LogP contribution < -0.4 is 4.90 Å². The largest absolute Gasteiger partial charge is 0.387 e. The van der Waals surface area contributed by atoms with Crippen LogP contribution in [0.15, 0.2) is 36.4 Å². The fourth-order valence-corrected chi connectivity index (χ4v) is 3.78. The molecule has 1 aromatic carbocycles. The maximum absolute atomic E-state index is 12.9. The molecule has 1 aliphatic rings. The minimum absolute atomic E-state index is 0.0526. The van der Waals surface area contributed by atoms with Crippen molar-refractivity contribution >= 4 is 17.3 Å². The van der Waals surface area contributed by atoms with Crippen molar-refractivity contribution in [2.24, 2.45) is 11.3 Å². The molecule has 7 nitrogen and oxygen atoms in total. The van der Waals surface area contributed by atoms with Crippen molar-refractivity contribution in [1.82, 2.24) is 0 Å². The maximum Gasteiger partial charge on any atom is 0.165 e. The van der Waals surface area contributed by atoms with E-state index in [1.165, 1.54) is 13.2 Å². The zero-order chi connectivity index (χ0) is 23.3. The monoisotopic (exact) mass is 433 g/mol. The predicted molar refractivity (Wildman–Crippen MR) is 119 cm³/mol. The molecular formula is C24H35NO6. The van der Waals surface area contributed by atoms with Crippen LogP contribution in [-0.4, -0.2) is 72.0 Å². The number of carbonyl (C=O) groups is 2. The molecule has 0 amide bonds. The summed E-state index contributed by atoms with van der Waals surface area (Å²) in [7, 11) is 3.13. The molecule has 7 heteroatoms. The molecule has 0 radical (unpaired) electrons. The Kier molecular flexibility index (Phi) is 8.54. The number of hydrogen-bond donors (Lipinski definition) is 3. The van der Waals surface area contributed by atoms with Gasteiger partial charge in [0.05, 0.1) is 0 Å². The quantitative estimate of drug-likeness (QED) is 0.534. The number of anilines is 1. The summed E-state index contributed by atoms with van der Waals surface area (Å²) in [5.74, 6) is -1.10. The van der Waals surface area contributed by atoms with Gasteiger partial charge in [-0.2, -0.15) is 0 Å². The average molecular weight is 434 g/mol. The third-order valence-electron chi connectivity index (χ3n) is 5.54. The van der Waals surface area contributed by atoms with E-state index in [9.17, 15) is 24.9 Å². The number of aliphatic hydroxyl groups is 3. The number of ketones is 2. The minimum atomic E-state index is -1.63. The van der Waals surface area contributed by atoms with Crippen LogP contribution in [0, 0.1) is 11.3 Å². The topological polar surface area (TPSA) is 107 Å². The molecule has 0 aromatic heterocycles. The molecule has 1 aliphatic heterocycles. The van der Waals surface area contributed by atoms with Crippen molar-refractivity contribution in [3.63, 3.8) is 0 Å². The lowest BCUT2D eigenvalue weighted by Gasteiger charge is -2.28. The van der Waals surface area contributed by atoms with E-state index in [1.807, 2.05) is 57.0 Å². The van der Waals surface area contributed by atoms with Gasteiger partial charge in [-0.3, -0.25) is 9.59 Å². The number of rotatable bonds is 8. The van der Waals surface area contributed by atoms with Gasteiger partial charge >= 0.3 is 0 Å². The van der Waals surface area contributed by atoms with Crippen LogP contribution in [0.2, 0.25) is 0 Å². The molecule has 0 spiro atoms. The Balaban J connectivity index is 2.08. The Morgan fingerprint density at radius 3 is 2.48 bits per heavy atom. The van der Waals surface area contributed by atoms with Crippen LogP contribution in [0.25, 0.3) is 0 Å². The van der Waals surface area contributed by atoms with Gasteiger partial charge in [-0.1, -0.05) is 51.1 Å². The van der Waals surface area contributed by atoms with Gasteiger partial charge in [0.1, 0.15) is 30.2 Å². The first-order valence-electron chi connectivity index (χ1n) is 10.6. The van der Waals surface area contributed by atoms with E-state index >= 15 is 0 Å². The lowest BCUT2D eigenvalue weighted by molar-refractivity contribution is -0.148. The summed E-state index contributed by atoms with van der Waals surface area (Å²) in [4.78, 5) is 27.6. The minimum Gasteiger partial charge on any atom is -0.387 e. The molecule has 2 rings (SSSR count). The Labute approximate surface area is 184 Å². The van der Waals surface area contributed by atoms with Crippen molar-refractivity contribution < 1.29 is 29.6 Å². The summed E-state index contributed by atoms with van der Waals surface area (Å²) in [6.07, 6.45) is -2.72. The number of fused-ring (bicyclic) bond motifs is 1. The summed E-state index contributed by atoms with van der Waals surface area (Å²) in [5.41, 5.74) is 1.65. The summed E-state index contributed by atoms with van der Waals surface area (Å²) in [6.45, 7) is 6.16. The molecule has 0 unspecified atom stereocenters. The van der Waals surface area contributed by atoms with Gasteiger partial charge in [0, 0.05) is 45.1 Å². The number of Topliss-reactive ketones (excluding diaryl/α,β-unsaturated/α-hetero) is 2. The second-order valence-electron chi connectivity index (χ2n) is 9.37. The van der Waals surface area contributed by atoms with Crippen LogP contribution in [0.5, 0.6) is 0 Å². The van der Waals surface area contributed by atoms with Gasteiger partial charge in [-0.25, -0.2) is 0 Å². The number of aliphatic hydroxyl groups excluding tert-OH is 3. The van der Waals surface area contributed by atoms with E-state index in [0.29, 0.717) is 6.54 Å². The first-order chi connectivity index (χ1) is 14.4. The molecule has 31 heavy (non-hydrogen) atoms. The van der Waals surface area contributed by atoms with Crippen molar-refractivity contribution in [2.45, 2.75) is 58.0 Å². The fourth-order valence-electron chi connectivity index (χ4n) is 3.78. The second kappa shape index (κ2) is 10.5. The highest BCUT2D eigenvalue weighted by Gasteiger charge is 2.37. The van der Waals surface area contributed by atoms with Crippen molar-refractivity contribution in [1.29, 1.82) is 0 Å². The van der Waals surface area contributed by atoms with E-state index in [-0.39, 0.29) is 24.0 Å². The van der Waals surface area contributed by atoms with E-state index < -0.39 is 36.1 Å². The van der Waals surface area contributed by atoms with E-state index in [4.69, 9.17) is 4.74 Å². The summed E-state index contributed by atoms with van der Waals surface area (Å²) < 4.78 is 5.17. The van der Waals surface area contributed by atoms with Gasteiger partial charge in [-0.05, 0) is 17.0 Å². The van der Waals surface area contributed by atoms with Gasteiger partial charge in [-0.15, -0.1) is 0 Å². The van der Waals surface area contributed by atoms with Crippen molar-refractivity contribution in [2.75, 3.05) is 25.6 Å². The average Bonchev–Trinajstić information content (AvgIpc) is 2.81. The number of nitrogens with zero attached hydrogens (tertiary/aromatic N) is 1. The molecule has 5 atom stereocenters. The lowest BCUT2D eigenvalue weighted by Crippen LogP contribution is -2.48. The highest BCUT2D eigenvalue weighted by atomic mass is 16.5. The standard InChI is InChI=1S/C24H35NO6/c1-24(2,3)11-10-18(26)21(29)22(30)23(31-5)20(28)13-16-14-25(4)17-9-7-6-8-15(17)12-19(16)27/h6-11,16,18,21-23,26,29-30H,12-14H2,1-5H3/b11-10+/t16-,18+,21-,22+,23-/m0/s1. The maximum atomic E-state index is 12.9. The summed E-state index contributed by atoms with van der Waals surface area (Å²) in [6, 6.07) is 7.63. The Morgan fingerprint density at radius 1 is 1.23 bits per heavy atom. The second-order valence-corrected chi connectivity index (χ2v) is 9.37. The van der Waals surface area contributed by atoms with Crippen LogP contribution >= 0.6 is 0 Å². The van der Waals surface area contributed by atoms with Crippen LogP contribution in [0.3, 0.4) is 0 Å². The van der Waals surface area contributed by atoms with E-state index in [0.717, 1.165) is 11.3 Å². The van der Waals surface area contributed by atoms with Gasteiger partial charge < -0.3 is 25.0 Å². The number of hydrogen-bond acceptors (Lipinski definition) is 7. The van der Waals surface area contributed by atoms with Gasteiger partial charge in [0.25, 0.3) is 0 Å². The van der Waals surface area contributed by atoms with Gasteiger partial charge in [0.2, 0.25) is 0 Å². The van der Waals surface area contributed by atoms with E-state index in [2.05, 4.69) is 0 Å². The number of carbonyl (C=O) groups excluding carboxylic acids is 2. The third-order valence-corrected chi connectivity index (χ3v) is 5.54. The molecule has 172 valence electrons. The molecule has 0 saturated heterocycles. The van der Waals surface area contributed by atoms with Crippen LogP contribution in [-0.2, 0) is 20.7 Å². The lowest BCUT2D eigenvalue weighted by atomic mass is 9.89. The Bertz CT molecular complexity index is 800. The Morgan fingerprint density at radius 2 is 1.87 bits per heavy atom. The van der Waals surface area contributed by atoms with Gasteiger partial charge in [0.15, 0.2) is 5.78 Å². The van der Waals surface area contributed by atoms with Crippen LogP contribution in [0.4, 0.5) is 5.69 Å². The molecule has 1 heterocycles. The predicted octanol–water partition coefficient (Wildman–Crippen LogP) is 1.52. The molecular weight excluding hydrogens is 398 g/mol. The molecule has 0 aliphatic carbocycles. The molecule has 0 bridgehead atoms. The molecule has 0 fully saturated rings. The van der Waals surface area contributed by atoms with Crippen molar-refractivity contribution in [3.8, 4) is 0 Å². The molecule has 1 aromatic rings. The van der Waals surface area contributed by atoms with E-state index in [1.54, 1.807) is 6.08 Å². The number of ether oxygens (including phenoxy) is 1. The zero-order valence-electron chi connectivity index (χ0n) is 19.0. The normalized spacial score (nSPS) is 21.4. The zero-order valence-corrected chi connectivity index (χ0v) is 19.0. The van der Waals surface area contributed by atoms with Crippen LogP contribution in [0.1, 0.15) is 32.8 Å². The Hall–Kier alpha value is -2.06.